The van der Waals surface area contributed by atoms with Crippen LogP contribution in [0.3, 0.4) is 0 Å². The van der Waals surface area contributed by atoms with Crippen molar-refractivity contribution in [3.8, 4) is 11.1 Å². The van der Waals surface area contributed by atoms with Crippen molar-refractivity contribution in [1.29, 1.82) is 0 Å². The Balaban J connectivity index is 1.70. The molecule has 0 unspecified atom stereocenters. The molecule has 3 aromatic rings. The maximum absolute atomic E-state index is 12.9. The molecule has 0 spiro atoms. The normalized spacial score (nSPS) is 14.9. The minimum absolute atomic E-state index is 0.00841. The Hall–Kier alpha value is -3.27. The summed E-state index contributed by atoms with van der Waals surface area (Å²) in [5.74, 6) is 0. The molecule has 2 aliphatic rings. The average molecular weight is 355 g/mol. The van der Waals surface area contributed by atoms with Crippen LogP contribution in [0.1, 0.15) is 18.4 Å². The molecular formula is C23H21N3O. The fraction of sp³-hybridized carbons (Fsp3) is 0.174. The van der Waals surface area contributed by atoms with Crippen molar-refractivity contribution < 1.29 is 0 Å². The summed E-state index contributed by atoms with van der Waals surface area (Å²) >= 11 is 0. The fourth-order valence-electron chi connectivity index (χ4n) is 4.03. The van der Waals surface area contributed by atoms with Gasteiger partial charge in [-0.25, -0.2) is 0 Å². The Bertz CT molecular complexity index is 1230. The van der Waals surface area contributed by atoms with Gasteiger partial charge in [-0.2, -0.15) is 0 Å². The number of rotatable bonds is 2. The van der Waals surface area contributed by atoms with Crippen LogP contribution in [0.25, 0.3) is 29.6 Å². The topological polar surface area (TPSA) is 30.2 Å². The number of hydrogen-bond acceptors (Lipinski definition) is 2. The molecule has 1 aromatic carbocycles. The summed E-state index contributed by atoms with van der Waals surface area (Å²) in [6.07, 6.45) is 13.9. The standard InChI is InChI=1S/C23H21N3O/c1-24-12-11-21(22(23(24)27)17-7-3-2-4-8-17)25-13-14-26-19(16-25)15-18-9-5-6-10-20(18)26/h2-4,7-8,10-16H,5-6,9H2,1H3. The zero-order valence-electron chi connectivity index (χ0n) is 15.3. The van der Waals surface area contributed by atoms with Crippen LogP contribution < -0.4 is 21.2 Å². The molecular weight excluding hydrogens is 334 g/mol. The molecule has 3 heterocycles. The zero-order valence-corrected chi connectivity index (χ0v) is 15.3. The second kappa shape index (κ2) is 6.16. The Morgan fingerprint density at radius 2 is 1.89 bits per heavy atom. The summed E-state index contributed by atoms with van der Waals surface area (Å²) in [5.41, 5.74) is 3.97. The highest BCUT2D eigenvalue weighted by Gasteiger charge is 2.17. The first-order valence-electron chi connectivity index (χ1n) is 9.36. The van der Waals surface area contributed by atoms with Gasteiger partial charge in [0.15, 0.2) is 0 Å². The fourth-order valence-corrected chi connectivity index (χ4v) is 4.03. The van der Waals surface area contributed by atoms with Gasteiger partial charge in [0.25, 0.3) is 5.56 Å². The lowest BCUT2D eigenvalue weighted by atomic mass is 10.0. The average Bonchev–Trinajstić information content (AvgIpc) is 3.08. The molecule has 0 atom stereocenters. The van der Waals surface area contributed by atoms with Crippen LogP contribution >= 0.6 is 0 Å². The first-order valence-corrected chi connectivity index (χ1v) is 9.36. The molecule has 1 aliphatic carbocycles. The number of aromatic nitrogens is 2. The summed E-state index contributed by atoms with van der Waals surface area (Å²) in [6.45, 7) is 0. The van der Waals surface area contributed by atoms with Crippen LogP contribution in [0.5, 0.6) is 0 Å². The van der Waals surface area contributed by atoms with Crippen molar-refractivity contribution in [2.24, 2.45) is 7.05 Å². The number of benzene rings is 1. The van der Waals surface area contributed by atoms with Crippen LogP contribution in [-0.2, 0) is 13.5 Å². The molecule has 0 N–H and O–H groups in total. The van der Waals surface area contributed by atoms with Crippen LogP contribution in [0, 0.1) is 0 Å². The van der Waals surface area contributed by atoms with Crippen molar-refractivity contribution in [2.75, 3.05) is 4.90 Å². The van der Waals surface area contributed by atoms with E-state index in [1.54, 1.807) is 11.6 Å². The summed E-state index contributed by atoms with van der Waals surface area (Å²) in [5, 5.41) is 2.47. The highest BCUT2D eigenvalue weighted by atomic mass is 16.1. The number of hydrogen-bond donors (Lipinski definition) is 0. The first-order chi connectivity index (χ1) is 13.2. The van der Waals surface area contributed by atoms with Crippen LogP contribution in [0.2, 0.25) is 0 Å². The molecule has 1 aliphatic heterocycles. The minimum atomic E-state index is 0.00841. The van der Waals surface area contributed by atoms with Gasteiger partial charge in [0.1, 0.15) is 0 Å². The SMILES string of the molecule is Cn1ccc(N2C=Cn3c(cc4c3=CCCC4)=C2)c(-c2ccccc2)c1=O. The molecule has 0 bridgehead atoms. The third kappa shape index (κ3) is 2.56. The van der Waals surface area contributed by atoms with E-state index in [0.29, 0.717) is 0 Å². The van der Waals surface area contributed by atoms with Gasteiger partial charge >= 0.3 is 0 Å². The molecule has 0 saturated heterocycles. The molecule has 0 radical (unpaired) electrons. The minimum Gasteiger partial charge on any atom is -0.319 e. The molecule has 0 amide bonds. The van der Waals surface area contributed by atoms with Gasteiger partial charge in [-0.3, -0.25) is 4.79 Å². The second-order valence-corrected chi connectivity index (χ2v) is 7.14. The van der Waals surface area contributed by atoms with Gasteiger partial charge in [-0.15, -0.1) is 0 Å². The van der Waals surface area contributed by atoms with Gasteiger partial charge in [-0.1, -0.05) is 36.4 Å². The predicted molar refractivity (Wildman–Crippen MR) is 110 cm³/mol. The maximum atomic E-state index is 12.9. The van der Waals surface area contributed by atoms with E-state index in [9.17, 15) is 4.79 Å². The quantitative estimate of drug-likeness (QED) is 0.707. The van der Waals surface area contributed by atoms with Crippen molar-refractivity contribution in [2.45, 2.75) is 19.3 Å². The lowest BCUT2D eigenvalue weighted by molar-refractivity contribution is 0.825. The summed E-state index contributed by atoms with van der Waals surface area (Å²) in [7, 11) is 1.79. The Morgan fingerprint density at radius 3 is 2.74 bits per heavy atom. The molecule has 4 heteroatoms. The number of pyridine rings is 1. The summed E-state index contributed by atoms with van der Waals surface area (Å²) in [6, 6.07) is 14.2. The molecule has 2 aromatic heterocycles. The number of anilines is 1. The number of aryl methyl sites for hydroxylation is 2. The molecule has 5 rings (SSSR count). The lowest BCUT2D eigenvalue weighted by Crippen LogP contribution is -2.31. The van der Waals surface area contributed by atoms with Gasteiger partial charge < -0.3 is 14.0 Å². The maximum Gasteiger partial charge on any atom is 0.260 e. The van der Waals surface area contributed by atoms with E-state index in [2.05, 4.69) is 34.0 Å². The largest absolute Gasteiger partial charge is 0.319 e. The summed E-state index contributed by atoms with van der Waals surface area (Å²) < 4.78 is 3.88. The van der Waals surface area contributed by atoms with Crippen LogP contribution in [-0.4, -0.2) is 9.13 Å². The highest BCUT2D eigenvalue weighted by Crippen LogP contribution is 2.28. The monoisotopic (exact) mass is 355 g/mol. The van der Waals surface area contributed by atoms with Crippen molar-refractivity contribution >= 4 is 24.2 Å². The van der Waals surface area contributed by atoms with E-state index in [1.165, 1.54) is 17.3 Å². The second-order valence-electron chi connectivity index (χ2n) is 7.14. The van der Waals surface area contributed by atoms with Crippen molar-refractivity contribution in [3.05, 3.63) is 81.5 Å². The number of fused-ring (bicyclic) bond motifs is 3. The summed E-state index contributed by atoms with van der Waals surface area (Å²) in [4.78, 5) is 15.0. The first kappa shape index (κ1) is 15.9. The predicted octanol–water partition coefficient (Wildman–Crippen LogP) is 2.66. The molecule has 134 valence electrons. The molecule has 0 saturated carbocycles. The van der Waals surface area contributed by atoms with E-state index in [4.69, 9.17) is 0 Å². The third-order valence-electron chi connectivity index (χ3n) is 5.41. The molecule has 0 fully saturated rings. The van der Waals surface area contributed by atoms with Crippen LogP contribution in [0.15, 0.2) is 59.7 Å². The van der Waals surface area contributed by atoms with Gasteiger partial charge in [0.2, 0.25) is 0 Å². The van der Waals surface area contributed by atoms with Gasteiger partial charge in [-0.05, 0) is 42.5 Å². The van der Waals surface area contributed by atoms with Crippen molar-refractivity contribution in [1.82, 2.24) is 9.13 Å². The molecule has 4 nitrogen and oxygen atoms in total. The van der Waals surface area contributed by atoms with Crippen LogP contribution in [0.4, 0.5) is 5.69 Å². The van der Waals surface area contributed by atoms with E-state index in [0.717, 1.165) is 35.0 Å². The Morgan fingerprint density at radius 1 is 1.04 bits per heavy atom. The Labute approximate surface area is 157 Å². The third-order valence-corrected chi connectivity index (χ3v) is 5.41. The highest BCUT2D eigenvalue weighted by molar-refractivity contribution is 5.82. The van der Waals surface area contributed by atoms with E-state index in [-0.39, 0.29) is 5.56 Å². The lowest BCUT2D eigenvalue weighted by Gasteiger charge is -2.22. The Kier molecular flexibility index (Phi) is 3.64. The number of nitrogens with zero attached hydrogens (tertiary/aromatic N) is 3. The van der Waals surface area contributed by atoms with Crippen molar-refractivity contribution in [3.63, 3.8) is 0 Å². The van der Waals surface area contributed by atoms with E-state index < -0.39 is 0 Å². The van der Waals surface area contributed by atoms with Gasteiger partial charge in [0, 0.05) is 37.2 Å². The molecule has 27 heavy (non-hydrogen) atoms. The van der Waals surface area contributed by atoms with E-state index >= 15 is 0 Å². The zero-order chi connectivity index (χ0) is 18.4. The van der Waals surface area contributed by atoms with E-state index in [1.807, 2.05) is 48.8 Å². The smallest absolute Gasteiger partial charge is 0.260 e. The van der Waals surface area contributed by atoms with Gasteiger partial charge in [0.05, 0.1) is 16.6 Å².